The molecule has 0 bridgehead atoms. The van der Waals surface area contributed by atoms with Crippen molar-refractivity contribution < 1.29 is 74.1 Å². The molecule has 236 valence electrons. The minimum Gasteiger partial charge on any atom is -0.507 e. The minimum absolute atomic E-state index is 0.0592. The Morgan fingerprint density at radius 1 is 0.884 bits per heavy atom. The van der Waals surface area contributed by atoms with Crippen LogP contribution in [-0.4, -0.2) is 122 Å². The van der Waals surface area contributed by atoms with Crippen molar-refractivity contribution in [1.82, 2.24) is 0 Å². The molecule has 0 unspecified atom stereocenters. The van der Waals surface area contributed by atoms with E-state index in [2.05, 4.69) is 0 Å². The predicted octanol–water partition coefficient (Wildman–Crippen LogP) is -1.16. The quantitative estimate of drug-likeness (QED) is 0.185. The van der Waals surface area contributed by atoms with E-state index in [9.17, 15) is 45.6 Å². The molecule has 0 amide bonds. The number of benzene rings is 2. The van der Waals surface area contributed by atoms with Gasteiger partial charge in [0, 0.05) is 12.1 Å². The SMILES string of the molecule is COc1ccc([C@@H]2CC(=O)c3c(O)cc(O[C@@H]4O[C@H](CO)[C@@H](O)[C@H](O)[C@H]4O[C@@H]4O[C@H](C)[C@H](O)[C@H](O)[C@H]4O)cc3O2)cc1O. The first kappa shape index (κ1) is 31.2. The highest BCUT2D eigenvalue weighted by Gasteiger charge is 2.51. The molecule has 11 atom stereocenters. The van der Waals surface area contributed by atoms with Crippen molar-refractivity contribution in [3.8, 4) is 28.7 Å². The van der Waals surface area contributed by atoms with E-state index in [0.29, 0.717) is 5.56 Å². The van der Waals surface area contributed by atoms with E-state index in [4.69, 9.17) is 28.4 Å². The molecule has 5 rings (SSSR count). The number of methoxy groups -OCH3 is 1. The van der Waals surface area contributed by atoms with Crippen molar-refractivity contribution in [3.05, 3.63) is 41.5 Å². The number of rotatable bonds is 7. The van der Waals surface area contributed by atoms with Gasteiger partial charge in [0.25, 0.3) is 0 Å². The lowest BCUT2D eigenvalue weighted by Gasteiger charge is -2.45. The van der Waals surface area contributed by atoms with Crippen LogP contribution in [0.2, 0.25) is 0 Å². The summed E-state index contributed by atoms with van der Waals surface area (Å²) in [6, 6.07) is 6.89. The number of carbonyl (C=O) groups excluding carboxylic acids is 1. The van der Waals surface area contributed by atoms with Gasteiger partial charge < -0.3 is 69.3 Å². The van der Waals surface area contributed by atoms with Gasteiger partial charge in [0.05, 0.1) is 26.2 Å². The van der Waals surface area contributed by atoms with Crippen LogP contribution in [0.5, 0.6) is 28.7 Å². The van der Waals surface area contributed by atoms with Crippen molar-refractivity contribution in [2.24, 2.45) is 0 Å². The average Bonchev–Trinajstić information content (AvgIpc) is 2.97. The molecular weight excluding hydrogens is 576 g/mol. The summed E-state index contributed by atoms with van der Waals surface area (Å²) in [5.41, 5.74) is 0.352. The smallest absolute Gasteiger partial charge is 0.229 e. The second kappa shape index (κ2) is 12.4. The van der Waals surface area contributed by atoms with Gasteiger partial charge >= 0.3 is 0 Å². The Balaban J connectivity index is 1.41. The Kier molecular flexibility index (Phi) is 8.99. The number of ether oxygens (including phenoxy) is 6. The van der Waals surface area contributed by atoms with Gasteiger partial charge in [0.2, 0.25) is 6.29 Å². The maximum absolute atomic E-state index is 13.0. The van der Waals surface area contributed by atoms with Gasteiger partial charge in [0.1, 0.15) is 65.5 Å². The third kappa shape index (κ3) is 5.95. The Bertz CT molecular complexity index is 1320. The van der Waals surface area contributed by atoms with Crippen LogP contribution in [0.1, 0.15) is 35.4 Å². The number of Topliss-reactive ketones (excluding diaryl/α,β-unsaturated/α-hetero) is 1. The molecule has 0 saturated carbocycles. The average molecular weight is 611 g/mol. The number of aliphatic hydroxyl groups excluding tert-OH is 6. The Morgan fingerprint density at radius 3 is 2.30 bits per heavy atom. The standard InChI is InChI=1S/C28H34O15/c1-10-21(33)23(35)25(37)27(39-10)43-26-24(36)22(34)19(9-29)42-28(26)40-12-6-14(31)20-15(32)8-17(41-18(20)7-12)11-3-4-16(38-2)13(30)5-11/h3-7,10,17,19,21-31,33-37H,8-9H2,1-2H3/t10-,17+,19-,21+,22-,23+,24+,25-,26-,27+,28-/m1/s1. The molecule has 0 spiro atoms. The van der Waals surface area contributed by atoms with Gasteiger partial charge in [-0.05, 0) is 24.6 Å². The van der Waals surface area contributed by atoms with Crippen LogP contribution in [0.4, 0.5) is 0 Å². The number of aliphatic hydroxyl groups is 6. The lowest BCUT2D eigenvalue weighted by molar-refractivity contribution is -0.354. The number of fused-ring (bicyclic) bond motifs is 1. The van der Waals surface area contributed by atoms with Crippen molar-refractivity contribution in [2.45, 2.75) is 80.9 Å². The zero-order chi connectivity index (χ0) is 31.2. The number of aromatic hydroxyl groups is 2. The van der Waals surface area contributed by atoms with Crippen LogP contribution in [0, 0.1) is 0 Å². The summed E-state index contributed by atoms with van der Waals surface area (Å²) >= 11 is 0. The molecule has 0 radical (unpaired) electrons. The van der Waals surface area contributed by atoms with Crippen LogP contribution >= 0.6 is 0 Å². The summed E-state index contributed by atoms with van der Waals surface area (Å²) in [4.78, 5) is 13.0. The minimum atomic E-state index is -1.76. The molecule has 43 heavy (non-hydrogen) atoms. The topological polar surface area (TPSA) is 234 Å². The fourth-order valence-corrected chi connectivity index (χ4v) is 5.29. The molecule has 3 aliphatic heterocycles. The van der Waals surface area contributed by atoms with E-state index in [-0.39, 0.29) is 35.0 Å². The van der Waals surface area contributed by atoms with E-state index in [1.165, 1.54) is 32.2 Å². The zero-order valence-electron chi connectivity index (χ0n) is 23.1. The largest absolute Gasteiger partial charge is 0.507 e. The monoisotopic (exact) mass is 610 g/mol. The van der Waals surface area contributed by atoms with Gasteiger partial charge in [0.15, 0.2) is 29.7 Å². The molecular formula is C28H34O15. The van der Waals surface area contributed by atoms with E-state index >= 15 is 0 Å². The Hall–Kier alpha value is -3.25. The number of phenols is 2. The van der Waals surface area contributed by atoms with Gasteiger partial charge in [-0.25, -0.2) is 0 Å². The molecule has 3 aliphatic rings. The highest BCUT2D eigenvalue weighted by molar-refractivity contribution is 6.02. The summed E-state index contributed by atoms with van der Waals surface area (Å²) in [6.45, 7) is 0.699. The molecule has 2 saturated heterocycles. The van der Waals surface area contributed by atoms with E-state index < -0.39 is 85.7 Å². The van der Waals surface area contributed by atoms with Gasteiger partial charge in [-0.3, -0.25) is 4.79 Å². The molecule has 15 nitrogen and oxygen atoms in total. The summed E-state index contributed by atoms with van der Waals surface area (Å²) < 4.78 is 33.7. The summed E-state index contributed by atoms with van der Waals surface area (Å²) in [6.07, 6.45) is -16.3. The van der Waals surface area contributed by atoms with Gasteiger partial charge in [-0.15, -0.1) is 0 Å². The van der Waals surface area contributed by atoms with E-state index in [1.54, 1.807) is 6.07 Å². The predicted molar refractivity (Wildman–Crippen MR) is 141 cm³/mol. The normalized spacial score (nSPS) is 36.0. The fraction of sp³-hybridized carbons (Fsp3) is 0.536. The van der Waals surface area contributed by atoms with Crippen LogP contribution in [0.15, 0.2) is 30.3 Å². The molecule has 0 aromatic heterocycles. The Morgan fingerprint density at radius 2 is 1.63 bits per heavy atom. The lowest BCUT2D eigenvalue weighted by atomic mass is 9.95. The van der Waals surface area contributed by atoms with Crippen molar-refractivity contribution >= 4 is 5.78 Å². The number of carbonyl (C=O) groups is 1. The van der Waals surface area contributed by atoms with Crippen LogP contribution < -0.4 is 14.2 Å². The third-order valence-corrected chi connectivity index (χ3v) is 7.72. The zero-order valence-corrected chi connectivity index (χ0v) is 23.1. The van der Waals surface area contributed by atoms with Crippen molar-refractivity contribution in [2.75, 3.05) is 13.7 Å². The number of hydrogen-bond donors (Lipinski definition) is 8. The lowest BCUT2D eigenvalue weighted by Crippen LogP contribution is -2.64. The first-order chi connectivity index (χ1) is 20.4. The van der Waals surface area contributed by atoms with Gasteiger partial charge in [-0.1, -0.05) is 6.07 Å². The molecule has 15 heteroatoms. The highest BCUT2D eigenvalue weighted by atomic mass is 16.8. The van der Waals surface area contributed by atoms with Gasteiger partial charge in [-0.2, -0.15) is 0 Å². The number of hydrogen-bond acceptors (Lipinski definition) is 15. The Labute approximate surface area is 245 Å². The van der Waals surface area contributed by atoms with Crippen LogP contribution in [0.3, 0.4) is 0 Å². The first-order valence-corrected chi connectivity index (χ1v) is 13.5. The number of ketones is 1. The molecule has 2 aromatic carbocycles. The summed E-state index contributed by atoms with van der Waals surface area (Å²) in [7, 11) is 1.39. The van der Waals surface area contributed by atoms with E-state index in [0.717, 1.165) is 6.07 Å². The van der Waals surface area contributed by atoms with Crippen molar-refractivity contribution in [1.29, 1.82) is 0 Å². The number of phenolic OH excluding ortho intramolecular Hbond substituents is 2. The molecule has 3 heterocycles. The fourth-order valence-electron chi connectivity index (χ4n) is 5.29. The maximum atomic E-state index is 13.0. The summed E-state index contributed by atoms with van der Waals surface area (Å²) in [5.74, 6) is -1.06. The maximum Gasteiger partial charge on any atom is 0.229 e. The molecule has 2 aromatic rings. The highest BCUT2D eigenvalue weighted by Crippen LogP contribution is 2.43. The molecule has 8 N–H and O–H groups in total. The second-order valence-corrected chi connectivity index (χ2v) is 10.6. The van der Waals surface area contributed by atoms with E-state index in [1.807, 2.05) is 0 Å². The van der Waals surface area contributed by atoms with Crippen LogP contribution in [-0.2, 0) is 14.2 Å². The second-order valence-electron chi connectivity index (χ2n) is 10.6. The third-order valence-electron chi connectivity index (χ3n) is 7.72. The van der Waals surface area contributed by atoms with Crippen LogP contribution in [0.25, 0.3) is 0 Å². The molecule has 0 aliphatic carbocycles. The first-order valence-electron chi connectivity index (χ1n) is 13.5. The molecule has 2 fully saturated rings. The summed E-state index contributed by atoms with van der Waals surface area (Å²) in [5, 5.41) is 82.4. The van der Waals surface area contributed by atoms with Crippen molar-refractivity contribution in [3.63, 3.8) is 0 Å².